The van der Waals surface area contributed by atoms with Crippen molar-refractivity contribution in [3.63, 3.8) is 0 Å². The Labute approximate surface area is 144 Å². The van der Waals surface area contributed by atoms with Gasteiger partial charge >= 0.3 is 0 Å². The van der Waals surface area contributed by atoms with Crippen molar-refractivity contribution in [1.82, 2.24) is 4.90 Å². The molecule has 2 amide bonds. The Morgan fingerprint density at radius 2 is 1.58 bits per heavy atom. The SMILES string of the molecule is CC1=CC[C@@H]2C(=O)N(CCC34CC5CC(CC(C5)C3)C4)C(=O)[C@@H]2C1. The van der Waals surface area contributed by atoms with E-state index in [1.54, 1.807) is 4.90 Å². The first kappa shape index (κ1) is 15.2. The maximum absolute atomic E-state index is 12.8. The van der Waals surface area contributed by atoms with Gasteiger partial charge in [-0.1, -0.05) is 11.6 Å². The van der Waals surface area contributed by atoms with E-state index >= 15 is 0 Å². The highest BCUT2D eigenvalue weighted by atomic mass is 16.2. The summed E-state index contributed by atoms with van der Waals surface area (Å²) in [6.45, 7) is 2.78. The molecule has 6 rings (SSSR count). The van der Waals surface area contributed by atoms with E-state index in [1.807, 2.05) is 0 Å². The molecule has 130 valence electrons. The van der Waals surface area contributed by atoms with Crippen molar-refractivity contribution in [2.24, 2.45) is 35.0 Å². The monoisotopic (exact) mass is 327 g/mol. The number of hydrogen-bond donors (Lipinski definition) is 0. The highest BCUT2D eigenvalue weighted by Gasteiger charge is 2.52. The summed E-state index contributed by atoms with van der Waals surface area (Å²) in [6, 6.07) is 0. The minimum Gasteiger partial charge on any atom is -0.282 e. The van der Waals surface area contributed by atoms with Crippen LogP contribution in [0, 0.1) is 35.0 Å². The van der Waals surface area contributed by atoms with Crippen LogP contribution in [0.3, 0.4) is 0 Å². The van der Waals surface area contributed by atoms with Crippen LogP contribution < -0.4 is 0 Å². The minimum atomic E-state index is -0.0578. The van der Waals surface area contributed by atoms with Crippen LogP contribution >= 0.6 is 0 Å². The van der Waals surface area contributed by atoms with Crippen molar-refractivity contribution in [1.29, 1.82) is 0 Å². The number of carbonyl (C=O) groups is 2. The standard InChI is InChI=1S/C21H29NO2/c1-13-2-3-17-18(6-13)20(24)22(19(17)23)5-4-21-10-14-7-15(11-21)9-16(8-14)12-21/h2,14-18H,3-12H2,1H3/t14?,15?,16?,17-,18+,21?/m0/s1. The Morgan fingerprint density at radius 1 is 1.00 bits per heavy atom. The zero-order valence-electron chi connectivity index (χ0n) is 14.8. The lowest BCUT2D eigenvalue weighted by Crippen LogP contribution is -2.47. The van der Waals surface area contributed by atoms with Crippen molar-refractivity contribution in [2.45, 2.75) is 64.7 Å². The normalized spacial score (nSPS) is 46.5. The fraction of sp³-hybridized carbons (Fsp3) is 0.810. The molecule has 0 spiro atoms. The number of fused-ring (bicyclic) bond motifs is 1. The molecule has 4 saturated carbocycles. The maximum atomic E-state index is 12.8. The van der Waals surface area contributed by atoms with Crippen LogP contribution in [0.25, 0.3) is 0 Å². The second-order valence-electron chi connectivity index (χ2n) is 9.70. The van der Waals surface area contributed by atoms with E-state index in [9.17, 15) is 9.59 Å². The molecule has 1 saturated heterocycles. The van der Waals surface area contributed by atoms with Crippen LogP contribution in [-0.2, 0) is 9.59 Å². The molecule has 3 heteroatoms. The van der Waals surface area contributed by atoms with Gasteiger partial charge in [-0.15, -0.1) is 0 Å². The van der Waals surface area contributed by atoms with E-state index in [4.69, 9.17) is 0 Å². The van der Waals surface area contributed by atoms with Crippen LogP contribution in [-0.4, -0.2) is 23.3 Å². The average Bonchev–Trinajstić information content (AvgIpc) is 2.75. The van der Waals surface area contributed by atoms with E-state index in [-0.39, 0.29) is 23.7 Å². The lowest BCUT2D eigenvalue weighted by molar-refractivity contribution is -0.141. The molecule has 0 aromatic carbocycles. The topological polar surface area (TPSA) is 37.4 Å². The molecular weight excluding hydrogens is 298 g/mol. The first-order valence-corrected chi connectivity index (χ1v) is 10.0. The third-order valence-electron chi connectivity index (χ3n) is 7.95. The second-order valence-corrected chi connectivity index (χ2v) is 9.70. The summed E-state index contributed by atoms with van der Waals surface area (Å²) in [5.41, 5.74) is 1.73. The van der Waals surface area contributed by atoms with Crippen LogP contribution in [0.2, 0.25) is 0 Å². The maximum Gasteiger partial charge on any atom is 0.233 e. The molecule has 0 aromatic heterocycles. The lowest BCUT2D eigenvalue weighted by atomic mass is 9.49. The van der Waals surface area contributed by atoms with Gasteiger partial charge < -0.3 is 0 Å². The van der Waals surface area contributed by atoms with Gasteiger partial charge in [-0.2, -0.15) is 0 Å². The van der Waals surface area contributed by atoms with Gasteiger partial charge in [-0.3, -0.25) is 14.5 Å². The van der Waals surface area contributed by atoms with E-state index in [1.165, 1.54) is 44.1 Å². The molecule has 4 bridgehead atoms. The Balaban J connectivity index is 1.29. The number of likely N-dealkylation sites (tertiary alicyclic amines) is 1. The quantitative estimate of drug-likeness (QED) is 0.582. The first-order valence-electron chi connectivity index (χ1n) is 10.0. The molecule has 3 nitrogen and oxygen atoms in total. The van der Waals surface area contributed by atoms with Gasteiger partial charge in [-0.05, 0) is 87.9 Å². The number of nitrogens with zero attached hydrogens (tertiary/aromatic N) is 1. The lowest BCUT2D eigenvalue weighted by Gasteiger charge is -2.57. The molecular formula is C21H29NO2. The number of carbonyl (C=O) groups excluding carboxylic acids is 2. The number of allylic oxidation sites excluding steroid dienone is 2. The summed E-state index contributed by atoms with van der Waals surface area (Å²) in [6.07, 6.45) is 13.3. The summed E-state index contributed by atoms with van der Waals surface area (Å²) in [4.78, 5) is 27.2. The van der Waals surface area contributed by atoms with Gasteiger partial charge in [0.05, 0.1) is 11.8 Å². The molecule has 5 aliphatic carbocycles. The van der Waals surface area contributed by atoms with Gasteiger partial charge in [0.1, 0.15) is 0 Å². The third kappa shape index (κ3) is 2.23. The molecule has 1 aliphatic heterocycles. The average molecular weight is 327 g/mol. The Bertz CT molecular complexity index is 584. The number of amides is 2. The zero-order chi connectivity index (χ0) is 16.5. The summed E-state index contributed by atoms with van der Waals surface area (Å²) in [5, 5.41) is 0. The minimum absolute atomic E-state index is 0.0566. The largest absolute Gasteiger partial charge is 0.282 e. The Hall–Kier alpha value is -1.12. The number of imide groups is 1. The van der Waals surface area contributed by atoms with Crippen molar-refractivity contribution < 1.29 is 9.59 Å². The van der Waals surface area contributed by atoms with E-state index < -0.39 is 0 Å². The van der Waals surface area contributed by atoms with Crippen LogP contribution in [0.15, 0.2) is 11.6 Å². The fourth-order valence-electron chi connectivity index (χ4n) is 7.27. The van der Waals surface area contributed by atoms with Crippen molar-refractivity contribution in [3.05, 3.63) is 11.6 Å². The zero-order valence-corrected chi connectivity index (χ0v) is 14.8. The van der Waals surface area contributed by atoms with Gasteiger partial charge in [0.2, 0.25) is 11.8 Å². The fourth-order valence-corrected chi connectivity index (χ4v) is 7.27. The van der Waals surface area contributed by atoms with Gasteiger partial charge in [0.15, 0.2) is 0 Å². The van der Waals surface area contributed by atoms with Crippen LogP contribution in [0.5, 0.6) is 0 Å². The van der Waals surface area contributed by atoms with Gasteiger partial charge in [0, 0.05) is 6.54 Å². The van der Waals surface area contributed by atoms with Gasteiger partial charge in [-0.25, -0.2) is 0 Å². The Morgan fingerprint density at radius 3 is 2.21 bits per heavy atom. The van der Waals surface area contributed by atoms with Crippen molar-refractivity contribution in [2.75, 3.05) is 6.54 Å². The van der Waals surface area contributed by atoms with Crippen LogP contribution in [0.1, 0.15) is 64.7 Å². The summed E-state index contributed by atoms with van der Waals surface area (Å²) in [7, 11) is 0. The van der Waals surface area contributed by atoms with Crippen molar-refractivity contribution >= 4 is 11.8 Å². The summed E-state index contributed by atoms with van der Waals surface area (Å²) >= 11 is 0. The molecule has 0 radical (unpaired) electrons. The van der Waals surface area contributed by atoms with E-state index in [0.29, 0.717) is 12.0 Å². The molecule has 0 aromatic rings. The summed E-state index contributed by atoms with van der Waals surface area (Å²) in [5.74, 6) is 2.96. The predicted octanol–water partition coefficient (Wildman–Crippen LogP) is 3.93. The number of hydrogen-bond acceptors (Lipinski definition) is 2. The molecule has 0 unspecified atom stereocenters. The van der Waals surface area contributed by atoms with E-state index in [0.717, 1.165) is 37.0 Å². The predicted molar refractivity (Wildman–Crippen MR) is 91.9 cm³/mol. The number of rotatable bonds is 3. The highest BCUT2D eigenvalue weighted by Crippen LogP contribution is 2.61. The van der Waals surface area contributed by atoms with Crippen LogP contribution in [0.4, 0.5) is 0 Å². The molecule has 24 heavy (non-hydrogen) atoms. The molecule has 6 aliphatic rings. The van der Waals surface area contributed by atoms with Gasteiger partial charge in [0.25, 0.3) is 0 Å². The molecule has 1 heterocycles. The molecule has 5 fully saturated rings. The highest BCUT2D eigenvalue weighted by molar-refractivity contribution is 6.05. The van der Waals surface area contributed by atoms with E-state index in [2.05, 4.69) is 13.0 Å². The second kappa shape index (κ2) is 5.19. The first-order chi connectivity index (χ1) is 11.5. The Kier molecular flexibility index (Phi) is 3.28. The third-order valence-corrected chi connectivity index (χ3v) is 7.95. The molecule has 0 N–H and O–H groups in total. The summed E-state index contributed by atoms with van der Waals surface area (Å²) < 4.78 is 0. The molecule has 2 atom stereocenters. The smallest absolute Gasteiger partial charge is 0.233 e. The van der Waals surface area contributed by atoms with Crippen molar-refractivity contribution in [3.8, 4) is 0 Å².